The van der Waals surface area contributed by atoms with Gasteiger partial charge in [-0.15, -0.1) is 0 Å². The van der Waals surface area contributed by atoms with Crippen LogP contribution >= 0.6 is 0 Å². The molecule has 0 aliphatic heterocycles. The van der Waals surface area contributed by atoms with E-state index in [0.29, 0.717) is 0 Å². The van der Waals surface area contributed by atoms with E-state index < -0.39 is 6.10 Å². The number of aliphatic hydroxyl groups excluding tert-OH is 1. The van der Waals surface area contributed by atoms with Crippen LogP contribution in [0.2, 0.25) is 0 Å². The molecule has 0 amide bonds. The summed E-state index contributed by atoms with van der Waals surface area (Å²) in [5, 5.41) is 12.4. The van der Waals surface area contributed by atoms with Crippen LogP contribution in [0.3, 0.4) is 0 Å². The molecule has 0 radical (unpaired) electrons. The number of hydrogen-bond acceptors (Lipinski definition) is 2. The fraction of sp³-hybridized carbons (Fsp3) is 0.357. The molecule has 2 rings (SSSR count). The summed E-state index contributed by atoms with van der Waals surface area (Å²) in [7, 11) is 0. The van der Waals surface area contributed by atoms with Gasteiger partial charge in [0, 0.05) is 17.8 Å². The highest BCUT2D eigenvalue weighted by Crippen LogP contribution is 2.29. The van der Waals surface area contributed by atoms with E-state index in [0.717, 1.165) is 22.8 Å². The molecule has 16 heavy (non-hydrogen) atoms. The Labute approximate surface area is 96.0 Å². The van der Waals surface area contributed by atoms with Gasteiger partial charge in [0.05, 0.1) is 6.10 Å². The molecular weight excluding hydrogens is 198 g/mol. The van der Waals surface area contributed by atoms with E-state index in [1.54, 1.807) is 6.20 Å². The van der Waals surface area contributed by atoms with Crippen molar-refractivity contribution in [1.82, 2.24) is 4.98 Å². The third-order valence-electron chi connectivity index (χ3n) is 3.22. The van der Waals surface area contributed by atoms with Gasteiger partial charge in [0.2, 0.25) is 0 Å². The minimum Gasteiger partial charge on any atom is -0.388 e. The average Bonchev–Trinajstić information content (AvgIpc) is 2.36. The number of aromatic nitrogens is 1. The highest BCUT2D eigenvalue weighted by molar-refractivity contribution is 5.85. The highest BCUT2D eigenvalue weighted by Gasteiger charge is 2.16. The molecule has 0 fully saturated rings. The van der Waals surface area contributed by atoms with E-state index in [-0.39, 0.29) is 5.92 Å². The van der Waals surface area contributed by atoms with Crippen molar-refractivity contribution in [1.29, 1.82) is 0 Å². The van der Waals surface area contributed by atoms with Gasteiger partial charge in [0.15, 0.2) is 0 Å². The van der Waals surface area contributed by atoms with E-state index in [2.05, 4.69) is 18.8 Å². The zero-order valence-corrected chi connectivity index (χ0v) is 9.72. The minimum atomic E-state index is -0.405. The van der Waals surface area contributed by atoms with E-state index in [9.17, 15) is 5.11 Å². The van der Waals surface area contributed by atoms with Crippen LogP contribution in [0.25, 0.3) is 10.8 Å². The highest BCUT2D eigenvalue weighted by atomic mass is 16.3. The Morgan fingerprint density at radius 3 is 2.88 bits per heavy atom. The summed E-state index contributed by atoms with van der Waals surface area (Å²) in [6.45, 7) is 4.16. The van der Waals surface area contributed by atoms with Crippen molar-refractivity contribution in [3.8, 4) is 0 Å². The number of pyridine rings is 1. The van der Waals surface area contributed by atoms with Gasteiger partial charge in [-0.3, -0.25) is 4.98 Å². The molecule has 2 heteroatoms. The molecule has 0 aliphatic carbocycles. The molecule has 1 aromatic heterocycles. The van der Waals surface area contributed by atoms with Crippen molar-refractivity contribution in [3.63, 3.8) is 0 Å². The van der Waals surface area contributed by atoms with E-state index >= 15 is 0 Å². The minimum absolute atomic E-state index is 0.269. The lowest BCUT2D eigenvalue weighted by Gasteiger charge is -2.19. The number of benzene rings is 1. The van der Waals surface area contributed by atoms with Crippen molar-refractivity contribution in [3.05, 3.63) is 42.2 Å². The topological polar surface area (TPSA) is 33.1 Å². The van der Waals surface area contributed by atoms with Crippen molar-refractivity contribution in [2.24, 2.45) is 5.92 Å². The maximum absolute atomic E-state index is 10.3. The third kappa shape index (κ3) is 1.93. The molecule has 1 N–H and O–H groups in total. The zero-order chi connectivity index (χ0) is 11.5. The van der Waals surface area contributed by atoms with Crippen LogP contribution in [-0.4, -0.2) is 10.1 Å². The normalized spacial score (nSPS) is 14.9. The fourth-order valence-corrected chi connectivity index (χ4v) is 1.92. The first-order chi connectivity index (χ1) is 7.74. The van der Waals surface area contributed by atoms with E-state index in [1.165, 1.54) is 0 Å². The van der Waals surface area contributed by atoms with Crippen LogP contribution in [0.1, 0.15) is 31.9 Å². The van der Waals surface area contributed by atoms with Crippen molar-refractivity contribution >= 4 is 10.8 Å². The second-order valence-corrected chi connectivity index (χ2v) is 4.27. The predicted molar refractivity (Wildman–Crippen MR) is 66.2 cm³/mol. The Morgan fingerprint density at radius 1 is 1.31 bits per heavy atom. The molecule has 1 aromatic carbocycles. The summed E-state index contributed by atoms with van der Waals surface area (Å²) in [5.74, 6) is 0.269. The number of fused-ring (bicyclic) bond motifs is 1. The molecule has 0 aliphatic rings. The summed E-state index contributed by atoms with van der Waals surface area (Å²) in [5.41, 5.74) is 0.986. The first kappa shape index (κ1) is 11.1. The van der Waals surface area contributed by atoms with Crippen molar-refractivity contribution < 1.29 is 5.11 Å². The molecule has 0 bridgehead atoms. The Hall–Kier alpha value is -1.41. The molecule has 0 saturated heterocycles. The Kier molecular flexibility index (Phi) is 3.20. The quantitative estimate of drug-likeness (QED) is 0.852. The maximum atomic E-state index is 10.3. The zero-order valence-electron chi connectivity index (χ0n) is 9.72. The summed E-state index contributed by atoms with van der Waals surface area (Å²) in [6, 6.07) is 8.00. The molecule has 2 unspecified atom stereocenters. The molecule has 1 heterocycles. The summed E-state index contributed by atoms with van der Waals surface area (Å²) in [4.78, 5) is 4.13. The average molecular weight is 215 g/mol. The van der Waals surface area contributed by atoms with E-state index in [1.807, 2.05) is 30.5 Å². The molecule has 0 spiro atoms. The number of hydrogen-bond donors (Lipinski definition) is 1. The third-order valence-corrected chi connectivity index (χ3v) is 3.22. The Morgan fingerprint density at radius 2 is 2.12 bits per heavy atom. The smallest absolute Gasteiger partial charge is 0.0822 e. The summed E-state index contributed by atoms with van der Waals surface area (Å²) in [6.07, 6.45) is 4.17. The Bertz CT molecular complexity index is 476. The number of nitrogens with zero attached hydrogens (tertiary/aromatic N) is 1. The monoisotopic (exact) mass is 215 g/mol. The van der Waals surface area contributed by atoms with Crippen LogP contribution in [0, 0.1) is 5.92 Å². The van der Waals surface area contributed by atoms with Gasteiger partial charge in [-0.05, 0) is 22.9 Å². The van der Waals surface area contributed by atoms with Crippen LogP contribution < -0.4 is 0 Å². The van der Waals surface area contributed by atoms with Crippen LogP contribution in [0.4, 0.5) is 0 Å². The first-order valence-electron chi connectivity index (χ1n) is 5.74. The second kappa shape index (κ2) is 4.62. The van der Waals surface area contributed by atoms with Crippen molar-refractivity contribution in [2.75, 3.05) is 0 Å². The molecular formula is C14H17NO. The van der Waals surface area contributed by atoms with Crippen LogP contribution in [-0.2, 0) is 0 Å². The molecule has 2 aromatic rings. The largest absolute Gasteiger partial charge is 0.388 e. The second-order valence-electron chi connectivity index (χ2n) is 4.27. The van der Waals surface area contributed by atoms with Gasteiger partial charge < -0.3 is 5.11 Å². The van der Waals surface area contributed by atoms with Gasteiger partial charge in [-0.1, -0.05) is 38.5 Å². The van der Waals surface area contributed by atoms with Gasteiger partial charge in [0.1, 0.15) is 0 Å². The van der Waals surface area contributed by atoms with Gasteiger partial charge in [-0.2, -0.15) is 0 Å². The summed E-state index contributed by atoms with van der Waals surface area (Å²) < 4.78 is 0. The fourth-order valence-electron chi connectivity index (χ4n) is 1.92. The molecule has 0 saturated carbocycles. The Balaban J connectivity index is 2.52. The van der Waals surface area contributed by atoms with Crippen LogP contribution in [0.15, 0.2) is 36.7 Å². The summed E-state index contributed by atoms with van der Waals surface area (Å²) >= 11 is 0. The lowest BCUT2D eigenvalue weighted by atomic mass is 9.92. The van der Waals surface area contributed by atoms with Crippen LogP contribution in [0.5, 0.6) is 0 Å². The number of rotatable bonds is 3. The van der Waals surface area contributed by atoms with Gasteiger partial charge in [-0.25, -0.2) is 0 Å². The standard InChI is InChI=1S/C14H17NO/c1-3-10(2)14(16)12-6-4-5-11-7-8-15-9-13(11)12/h4-10,14,16H,3H2,1-2H3. The molecule has 84 valence electrons. The number of aliphatic hydroxyl groups is 1. The van der Waals surface area contributed by atoms with Crippen molar-refractivity contribution in [2.45, 2.75) is 26.4 Å². The lowest BCUT2D eigenvalue weighted by molar-refractivity contribution is 0.117. The maximum Gasteiger partial charge on any atom is 0.0822 e. The molecule has 2 nitrogen and oxygen atoms in total. The molecule has 2 atom stereocenters. The lowest BCUT2D eigenvalue weighted by Crippen LogP contribution is -2.08. The van der Waals surface area contributed by atoms with Gasteiger partial charge >= 0.3 is 0 Å². The van der Waals surface area contributed by atoms with E-state index in [4.69, 9.17) is 0 Å². The van der Waals surface area contributed by atoms with Gasteiger partial charge in [0.25, 0.3) is 0 Å². The SMILES string of the molecule is CCC(C)C(O)c1cccc2ccncc12. The predicted octanol–water partition coefficient (Wildman–Crippen LogP) is 3.31. The first-order valence-corrected chi connectivity index (χ1v) is 5.74.